The number of rotatable bonds is 9. The molecule has 1 aromatic rings. The van der Waals surface area contributed by atoms with E-state index in [0.29, 0.717) is 29.5 Å². The summed E-state index contributed by atoms with van der Waals surface area (Å²) in [6.07, 6.45) is 2.28. The first-order valence-electron chi connectivity index (χ1n) is 8.57. The third-order valence-corrected chi connectivity index (χ3v) is 5.94. The number of amides is 2. The number of unbranched alkanes of at least 4 members (excludes halogenated alkanes) is 1. The van der Waals surface area contributed by atoms with E-state index in [-0.39, 0.29) is 17.6 Å². The van der Waals surface area contributed by atoms with Crippen molar-refractivity contribution in [2.45, 2.75) is 38.0 Å². The lowest BCUT2D eigenvalue weighted by atomic mass is 10.2. The minimum absolute atomic E-state index is 0.0378. The van der Waals surface area contributed by atoms with Crippen LogP contribution in [0.2, 0.25) is 0 Å². The molecule has 6 nitrogen and oxygen atoms in total. The minimum Gasteiger partial charge on any atom is -0.481 e. The van der Waals surface area contributed by atoms with Gasteiger partial charge in [-0.05, 0) is 24.1 Å². The zero-order chi connectivity index (χ0) is 18.9. The highest BCUT2D eigenvalue weighted by Crippen LogP contribution is 2.24. The van der Waals surface area contributed by atoms with Gasteiger partial charge in [0.15, 0.2) is 0 Å². The second kappa shape index (κ2) is 10.5. The Bertz CT molecular complexity index is 654. The summed E-state index contributed by atoms with van der Waals surface area (Å²) in [6, 6.07) is 6.94. The maximum atomic E-state index is 12.6. The van der Waals surface area contributed by atoms with Crippen molar-refractivity contribution in [3.8, 4) is 0 Å². The van der Waals surface area contributed by atoms with Crippen LogP contribution in [0.5, 0.6) is 0 Å². The lowest BCUT2D eigenvalue weighted by Crippen LogP contribution is -2.44. The van der Waals surface area contributed by atoms with Crippen molar-refractivity contribution in [2.24, 2.45) is 0 Å². The van der Waals surface area contributed by atoms with Crippen LogP contribution < -0.4 is 5.32 Å². The maximum absolute atomic E-state index is 12.6. The van der Waals surface area contributed by atoms with Crippen LogP contribution in [0, 0.1) is 0 Å². The summed E-state index contributed by atoms with van der Waals surface area (Å²) in [4.78, 5) is 37.2. The Morgan fingerprint density at radius 1 is 1.38 bits per heavy atom. The first-order chi connectivity index (χ1) is 12.5. The quantitative estimate of drug-likeness (QED) is 0.667. The number of anilines is 1. The highest BCUT2D eigenvalue weighted by Gasteiger charge is 2.34. The molecule has 26 heavy (non-hydrogen) atoms. The summed E-state index contributed by atoms with van der Waals surface area (Å²) in [6.45, 7) is 2.04. The highest BCUT2D eigenvalue weighted by molar-refractivity contribution is 7.99. The summed E-state index contributed by atoms with van der Waals surface area (Å²) >= 11 is 2.90. The van der Waals surface area contributed by atoms with Crippen LogP contribution >= 0.6 is 23.5 Å². The molecule has 1 heterocycles. The zero-order valence-electron chi connectivity index (χ0n) is 14.8. The summed E-state index contributed by atoms with van der Waals surface area (Å²) in [5.74, 6) is 0.809. The lowest BCUT2D eigenvalue weighted by Gasteiger charge is -2.23. The van der Waals surface area contributed by atoms with Crippen LogP contribution in [-0.2, 0) is 20.1 Å². The Morgan fingerprint density at radius 3 is 2.92 bits per heavy atom. The van der Waals surface area contributed by atoms with Gasteiger partial charge < -0.3 is 15.3 Å². The second-order valence-corrected chi connectivity index (χ2v) is 8.04. The van der Waals surface area contributed by atoms with Gasteiger partial charge >= 0.3 is 5.97 Å². The van der Waals surface area contributed by atoms with Crippen LogP contribution in [-0.4, -0.2) is 51.2 Å². The largest absolute Gasteiger partial charge is 0.481 e. The first-order valence-corrected chi connectivity index (χ1v) is 10.9. The topological polar surface area (TPSA) is 86.7 Å². The molecule has 0 spiro atoms. The SMILES string of the molecule is CCCCC(=O)N1CSCC1C(=O)Nc1cccc(CSCC(=O)O)c1. The fraction of sp³-hybridized carbons (Fsp3) is 0.500. The van der Waals surface area contributed by atoms with Crippen LogP contribution in [0.3, 0.4) is 0 Å². The Morgan fingerprint density at radius 2 is 2.19 bits per heavy atom. The van der Waals surface area contributed by atoms with Crippen LogP contribution in [0.4, 0.5) is 5.69 Å². The van der Waals surface area contributed by atoms with Gasteiger partial charge in [0.1, 0.15) is 6.04 Å². The summed E-state index contributed by atoms with van der Waals surface area (Å²) in [5.41, 5.74) is 1.62. The molecule has 8 heteroatoms. The van der Waals surface area contributed by atoms with E-state index in [0.717, 1.165) is 18.4 Å². The molecular weight excluding hydrogens is 372 g/mol. The van der Waals surface area contributed by atoms with Crippen molar-refractivity contribution in [2.75, 3.05) is 22.7 Å². The van der Waals surface area contributed by atoms with Crippen LogP contribution in [0.25, 0.3) is 0 Å². The molecule has 1 aromatic carbocycles. The van der Waals surface area contributed by atoms with Crippen molar-refractivity contribution in [1.29, 1.82) is 0 Å². The van der Waals surface area contributed by atoms with E-state index < -0.39 is 12.0 Å². The molecule has 1 aliphatic heterocycles. The Balaban J connectivity index is 1.93. The molecule has 1 unspecified atom stereocenters. The number of hydrogen-bond acceptors (Lipinski definition) is 5. The average molecular weight is 397 g/mol. The predicted octanol–water partition coefficient (Wildman–Crippen LogP) is 3.03. The fourth-order valence-corrected chi connectivity index (χ4v) is 4.47. The molecule has 142 valence electrons. The number of carboxylic acid groups (broad SMARTS) is 1. The first kappa shape index (κ1) is 20.6. The second-order valence-electron chi connectivity index (χ2n) is 6.06. The van der Waals surface area contributed by atoms with Crippen molar-refractivity contribution < 1.29 is 19.5 Å². The number of thioether (sulfide) groups is 2. The molecule has 1 atom stereocenters. The zero-order valence-corrected chi connectivity index (χ0v) is 16.4. The molecule has 0 aliphatic carbocycles. The van der Waals surface area contributed by atoms with E-state index in [1.54, 1.807) is 22.7 Å². The highest BCUT2D eigenvalue weighted by atomic mass is 32.2. The molecule has 2 rings (SSSR count). The number of carbonyl (C=O) groups excluding carboxylic acids is 2. The molecule has 0 radical (unpaired) electrons. The van der Waals surface area contributed by atoms with Crippen molar-refractivity contribution in [3.05, 3.63) is 29.8 Å². The monoisotopic (exact) mass is 396 g/mol. The number of carboxylic acids is 1. The van der Waals surface area contributed by atoms with Gasteiger partial charge in [0, 0.05) is 23.6 Å². The van der Waals surface area contributed by atoms with Crippen molar-refractivity contribution >= 4 is 47.0 Å². The van der Waals surface area contributed by atoms with Gasteiger partial charge in [0.25, 0.3) is 0 Å². The van der Waals surface area contributed by atoms with Gasteiger partial charge in [-0.1, -0.05) is 25.5 Å². The molecule has 0 aromatic heterocycles. The number of aliphatic carboxylic acids is 1. The molecule has 2 amide bonds. The standard InChI is InChI=1S/C18H24N2O4S2/c1-2-3-7-16(21)20-12-26-10-15(20)18(24)19-14-6-4-5-13(8-14)9-25-11-17(22)23/h4-6,8,15H,2-3,7,9-12H2,1H3,(H,19,24)(H,22,23). The number of nitrogens with one attached hydrogen (secondary N) is 1. The van der Waals surface area contributed by atoms with Crippen molar-refractivity contribution in [1.82, 2.24) is 4.90 Å². The Hall–Kier alpha value is -1.67. The number of hydrogen-bond donors (Lipinski definition) is 2. The van der Waals surface area contributed by atoms with E-state index in [1.807, 2.05) is 25.1 Å². The fourth-order valence-electron chi connectivity index (χ4n) is 2.60. The third-order valence-electron chi connectivity index (χ3n) is 3.94. The Labute approximate surface area is 162 Å². The molecule has 2 N–H and O–H groups in total. The van der Waals surface area contributed by atoms with Crippen molar-refractivity contribution in [3.63, 3.8) is 0 Å². The summed E-state index contributed by atoms with van der Waals surface area (Å²) in [7, 11) is 0. The molecule has 1 saturated heterocycles. The average Bonchev–Trinajstić information content (AvgIpc) is 3.09. The van der Waals surface area contributed by atoms with Gasteiger partial charge in [-0.2, -0.15) is 0 Å². The van der Waals surface area contributed by atoms with Gasteiger partial charge in [-0.25, -0.2) is 0 Å². The van der Waals surface area contributed by atoms with Gasteiger partial charge in [-0.3, -0.25) is 14.4 Å². The van der Waals surface area contributed by atoms with E-state index in [9.17, 15) is 14.4 Å². The summed E-state index contributed by atoms with van der Waals surface area (Å²) in [5, 5.41) is 11.6. The molecule has 0 bridgehead atoms. The van der Waals surface area contributed by atoms with Gasteiger partial charge in [-0.15, -0.1) is 23.5 Å². The predicted molar refractivity (Wildman–Crippen MR) is 106 cm³/mol. The minimum atomic E-state index is -0.842. The van der Waals surface area contributed by atoms with E-state index in [4.69, 9.17) is 5.11 Å². The number of benzene rings is 1. The van der Waals surface area contributed by atoms with Crippen LogP contribution in [0.1, 0.15) is 31.7 Å². The van der Waals surface area contributed by atoms with Crippen LogP contribution in [0.15, 0.2) is 24.3 Å². The molecular formula is C18H24N2O4S2. The third kappa shape index (κ3) is 6.25. The molecule has 0 saturated carbocycles. The normalized spacial score (nSPS) is 16.5. The molecule has 1 aliphatic rings. The lowest BCUT2D eigenvalue weighted by molar-refractivity contribution is -0.136. The number of nitrogens with zero attached hydrogens (tertiary/aromatic N) is 1. The maximum Gasteiger partial charge on any atom is 0.313 e. The van der Waals surface area contributed by atoms with E-state index >= 15 is 0 Å². The number of carbonyl (C=O) groups is 3. The van der Waals surface area contributed by atoms with Gasteiger partial charge in [0.2, 0.25) is 11.8 Å². The van der Waals surface area contributed by atoms with E-state index in [2.05, 4.69) is 5.32 Å². The van der Waals surface area contributed by atoms with E-state index in [1.165, 1.54) is 11.8 Å². The summed E-state index contributed by atoms with van der Waals surface area (Å²) < 4.78 is 0. The molecule has 1 fully saturated rings. The van der Waals surface area contributed by atoms with Gasteiger partial charge in [0.05, 0.1) is 11.6 Å². The smallest absolute Gasteiger partial charge is 0.313 e. The Kier molecular flexibility index (Phi) is 8.31.